The monoisotopic (exact) mass is 262 g/mol. The first-order valence-electron chi connectivity index (χ1n) is 6.06. The lowest BCUT2D eigenvalue weighted by atomic mass is 10.2. The first-order chi connectivity index (χ1) is 8.72. The molecule has 1 aromatic heterocycles. The molecule has 0 fully saturated rings. The zero-order valence-electron chi connectivity index (χ0n) is 10.3. The predicted octanol–water partition coefficient (Wildman–Crippen LogP) is 3.23. The molecule has 0 aliphatic rings. The third kappa shape index (κ3) is 2.79. The van der Waals surface area contributed by atoms with Crippen LogP contribution in [0.2, 0.25) is 5.15 Å². The highest BCUT2D eigenvalue weighted by molar-refractivity contribution is 6.29. The molecule has 2 rings (SSSR count). The summed E-state index contributed by atoms with van der Waals surface area (Å²) >= 11 is 5.98. The molecule has 0 N–H and O–H groups in total. The molecule has 1 heterocycles. The van der Waals surface area contributed by atoms with Crippen molar-refractivity contribution in [1.29, 1.82) is 0 Å². The quantitative estimate of drug-likeness (QED) is 0.848. The lowest BCUT2D eigenvalue weighted by Crippen LogP contribution is -2.23. The van der Waals surface area contributed by atoms with E-state index in [2.05, 4.69) is 11.9 Å². The number of nitrogens with zero attached hydrogens (tertiary/aromatic N) is 2. The normalized spacial score (nSPS) is 10.6. The standard InChI is InChI=1S/C14H15ClN2O/c1-2-3-9-12-14(18)17(10-13(15)16-12)11-7-5-4-6-8-11/h4-8,10H,2-3,9H2,1H3. The molecule has 0 amide bonds. The molecular weight excluding hydrogens is 248 g/mol. The molecule has 0 atom stereocenters. The van der Waals surface area contributed by atoms with E-state index in [9.17, 15) is 4.79 Å². The van der Waals surface area contributed by atoms with Crippen LogP contribution < -0.4 is 5.56 Å². The lowest BCUT2D eigenvalue weighted by molar-refractivity contribution is 0.753. The molecular formula is C14H15ClN2O. The summed E-state index contributed by atoms with van der Waals surface area (Å²) in [4.78, 5) is 16.4. The van der Waals surface area contributed by atoms with Gasteiger partial charge in [0.1, 0.15) is 10.8 Å². The number of aromatic nitrogens is 2. The van der Waals surface area contributed by atoms with Gasteiger partial charge in [-0.05, 0) is 25.0 Å². The van der Waals surface area contributed by atoms with Crippen LogP contribution in [0.4, 0.5) is 0 Å². The van der Waals surface area contributed by atoms with Gasteiger partial charge in [-0.3, -0.25) is 9.36 Å². The first-order valence-corrected chi connectivity index (χ1v) is 6.43. The number of hydrogen-bond donors (Lipinski definition) is 0. The SMILES string of the molecule is CCCCc1nc(Cl)cn(-c2ccccc2)c1=O. The average molecular weight is 263 g/mol. The molecule has 18 heavy (non-hydrogen) atoms. The van der Waals surface area contributed by atoms with E-state index < -0.39 is 0 Å². The van der Waals surface area contributed by atoms with E-state index in [-0.39, 0.29) is 5.56 Å². The summed E-state index contributed by atoms with van der Waals surface area (Å²) in [6, 6.07) is 9.45. The topological polar surface area (TPSA) is 34.9 Å². The van der Waals surface area contributed by atoms with Crippen molar-refractivity contribution < 1.29 is 0 Å². The van der Waals surface area contributed by atoms with E-state index in [1.165, 1.54) is 0 Å². The Hall–Kier alpha value is -1.61. The Morgan fingerprint density at radius 1 is 1.28 bits per heavy atom. The van der Waals surface area contributed by atoms with Crippen molar-refractivity contribution >= 4 is 11.6 Å². The fourth-order valence-corrected chi connectivity index (χ4v) is 2.00. The van der Waals surface area contributed by atoms with E-state index in [0.717, 1.165) is 18.5 Å². The Morgan fingerprint density at radius 2 is 2.00 bits per heavy atom. The van der Waals surface area contributed by atoms with Crippen LogP contribution in [0.1, 0.15) is 25.5 Å². The highest BCUT2D eigenvalue weighted by Gasteiger charge is 2.08. The maximum absolute atomic E-state index is 12.3. The summed E-state index contributed by atoms with van der Waals surface area (Å²) in [7, 11) is 0. The molecule has 94 valence electrons. The molecule has 0 unspecified atom stereocenters. The maximum Gasteiger partial charge on any atom is 0.276 e. The van der Waals surface area contributed by atoms with Crippen LogP contribution in [0.5, 0.6) is 0 Å². The third-order valence-electron chi connectivity index (χ3n) is 2.74. The summed E-state index contributed by atoms with van der Waals surface area (Å²) in [6.07, 6.45) is 4.20. The molecule has 0 saturated carbocycles. The van der Waals surface area contributed by atoms with Crippen molar-refractivity contribution in [2.24, 2.45) is 0 Å². The van der Waals surface area contributed by atoms with Crippen LogP contribution in [0.3, 0.4) is 0 Å². The van der Waals surface area contributed by atoms with Crippen LogP contribution in [0.25, 0.3) is 5.69 Å². The molecule has 2 aromatic rings. The lowest BCUT2D eigenvalue weighted by Gasteiger charge is -2.08. The minimum absolute atomic E-state index is 0.0842. The van der Waals surface area contributed by atoms with Gasteiger partial charge in [-0.1, -0.05) is 43.1 Å². The number of unbranched alkanes of at least 4 members (excludes halogenated alkanes) is 1. The third-order valence-corrected chi connectivity index (χ3v) is 2.93. The number of halogens is 1. The molecule has 0 spiro atoms. The van der Waals surface area contributed by atoms with Gasteiger partial charge in [0, 0.05) is 5.69 Å². The number of aryl methyl sites for hydroxylation is 1. The first kappa shape index (κ1) is 12.8. The van der Waals surface area contributed by atoms with E-state index in [0.29, 0.717) is 17.3 Å². The van der Waals surface area contributed by atoms with Gasteiger partial charge in [-0.15, -0.1) is 0 Å². The number of hydrogen-bond acceptors (Lipinski definition) is 2. The van der Waals surface area contributed by atoms with Crippen molar-refractivity contribution in [2.45, 2.75) is 26.2 Å². The molecule has 3 nitrogen and oxygen atoms in total. The molecule has 0 saturated heterocycles. The van der Waals surface area contributed by atoms with E-state index >= 15 is 0 Å². The van der Waals surface area contributed by atoms with Gasteiger partial charge in [-0.25, -0.2) is 4.98 Å². The highest BCUT2D eigenvalue weighted by Crippen LogP contribution is 2.10. The molecule has 4 heteroatoms. The zero-order valence-corrected chi connectivity index (χ0v) is 11.0. The number of rotatable bonds is 4. The largest absolute Gasteiger partial charge is 0.280 e. The van der Waals surface area contributed by atoms with Gasteiger partial charge in [0.15, 0.2) is 0 Å². The molecule has 0 aliphatic carbocycles. The molecule has 1 aromatic carbocycles. The summed E-state index contributed by atoms with van der Waals surface area (Å²) in [5, 5.41) is 0.351. The van der Waals surface area contributed by atoms with Crippen LogP contribution in [0, 0.1) is 0 Å². The van der Waals surface area contributed by atoms with Gasteiger partial charge in [-0.2, -0.15) is 0 Å². The smallest absolute Gasteiger partial charge is 0.276 e. The zero-order chi connectivity index (χ0) is 13.0. The Balaban J connectivity index is 2.49. The van der Waals surface area contributed by atoms with Crippen molar-refractivity contribution in [3.05, 3.63) is 57.7 Å². The summed E-state index contributed by atoms with van der Waals surface area (Å²) in [6.45, 7) is 2.08. The van der Waals surface area contributed by atoms with Gasteiger partial charge in [0.25, 0.3) is 5.56 Å². The summed E-state index contributed by atoms with van der Waals surface area (Å²) < 4.78 is 1.56. The van der Waals surface area contributed by atoms with Crippen LogP contribution in [0.15, 0.2) is 41.3 Å². The fourth-order valence-electron chi connectivity index (χ4n) is 1.80. The Morgan fingerprint density at radius 3 is 2.67 bits per heavy atom. The van der Waals surface area contributed by atoms with Gasteiger partial charge in [0.2, 0.25) is 0 Å². The fraction of sp³-hybridized carbons (Fsp3) is 0.286. The highest BCUT2D eigenvalue weighted by atomic mass is 35.5. The van der Waals surface area contributed by atoms with Crippen molar-refractivity contribution in [1.82, 2.24) is 9.55 Å². The second kappa shape index (κ2) is 5.83. The van der Waals surface area contributed by atoms with Crippen LogP contribution >= 0.6 is 11.6 Å². The van der Waals surface area contributed by atoms with E-state index in [4.69, 9.17) is 11.6 Å². The Kier molecular flexibility index (Phi) is 4.15. The van der Waals surface area contributed by atoms with Crippen molar-refractivity contribution in [2.75, 3.05) is 0 Å². The number of para-hydroxylation sites is 1. The van der Waals surface area contributed by atoms with Crippen LogP contribution in [-0.4, -0.2) is 9.55 Å². The second-order valence-corrected chi connectivity index (χ2v) is 4.51. The maximum atomic E-state index is 12.3. The minimum Gasteiger partial charge on any atom is -0.280 e. The molecule has 0 aliphatic heterocycles. The minimum atomic E-state index is -0.0842. The average Bonchev–Trinajstić information content (AvgIpc) is 2.40. The van der Waals surface area contributed by atoms with Gasteiger partial charge in [0.05, 0.1) is 6.20 Å². The van der Waals surface area contributed by atoms with E-state index in [1.54, 1.807) is 10.8 Å². The Bertz CT molecular complexity index is 578. The van der Waals surface area contributed by atoms with Crippen LogP contribution in [-0.2, 0) is 6.42 Å². The Labute approximate surface area is 111 Å². The van der Waals surface area contributed by atoms with Crippen molar-refractivity contribution in [3.8, 4) is 5.69 Å². The summed E-state index contributed by atoms with van der Waals surface area (Å²) in [5.74, 6) is 0. The molecule has 0 radical (unpaired) electrons. The second-order valence-electron chi connectivity index (χ2n) is 4.12. The van der Waals surface area contributed by atoms with Gasteiger partial charge >= 0.3 is 0 Å². The van der Waals surface area contributed by atoms with Crippen molar-refractivity contribution in [3.63, 3.8) is 0 Å². The summed E-state index contributed by atoms with van der Waals surface area (Å²) in [5.41, 5.74) is 1.26. The predicted molar refractivity (Wildman–Crippen MR) is 73.5 cm³/mol. The molecule has 0 bridgehead atoms. The van der Waals surface area contributed by atoms with E-state index in [1.807, 2.05) is 30.3 Å². The number of benzene rings is 1. The van der Waals surface area contributed by atoms with Gasteiger partial charge < -0.3 is 0 Å².